The Kier molecular flexibility index (Phi) is 7.28. The quantitative estimate of drug-likeness (QED) is 0.460. The molecule has 3 aromatic rings. The molecule has 0 spiro atoms. The highest BCUT2D eigenvalue weighted by Gasteiger charge is 2.24. The van der Waals surface area contributed by atoms with Crippen LogP contribution in [0.3, 0.4) is 0 Å². The fraction of sp³-hybridized carbons (Fsp3) is 0.348. The second-order valence-electron chi connectivity index (χ2n) is 7.38. The number of nitrogens with zero attached hydrogens (tertiary/aromatic N) is 4. The Morgan fingerprint density at radius 3 is 2.69 bits per heavy atom. The maximum Gasteiger partial charge on any atom is 0.232 e. The van der Waals surface area contributed by atoms with E-state index >= 15 is 0 Å². The van der Waals surface area contributed by atoms with Crippen LogP contribution in [-0.2, 0) is 16.1 Å². The number of hydrogen-bond acceptors (Lipinski definition) is 7. The second kappa shape index (κ2) is 10.5. The molecule has 0 bridgehead atoms. The molecule has 1 aliphatic heterocycles. The fourth-order valence-corrected chi connectivity index (χ4v) is 4.28. The monoisotopic (exact) mass is 454 g/mol. The summed E-state index contributed by atoms with van der Waals surface area (Å²) in [6.45, 7) is 1.99. The minimum Gasteiger partial charge on any atom is -0.486 e. The Balaban J connectivity index is 1.36. The number of thioether (sulfide) groups is 1. The molecule has 1 amide bonds. The van der Waals surface area contributed by atoms with Gasteiger partial charge in [-0.05, 0) is 12.1 Å². The molecule has 1 atom stereocenters. The highest BCUT2D eigenvalue weighted by atomic mass is 32.2. The first-order valence-electron chi connectivity index (χ1n) is 10.4. The molecule has 1 aliphatic rings. The number of fused-ring (bicyclic) bond motifs is 1. The Bertz CT molecular complexity index is 1040. The third-order valence-corrected chi connectivity index (χ3v) is 6.01. The number of methoxy groups -OCH3 is 1. The number of benzene rings is 2. The highest BCUT2D eigenvalue weighted by Crippen LogP contribution is 2.31. The van der Waals surface area contributed by atoms with Gasteiger partial charge in [0.15, 0.2) is 28.6 Å². The molecular weight excluding hydrogens is 428 g/mol. The van der Waals surface area contributed by atoms with Crippen LogP contribution in [0.5, 0.6) is 11.5 Å². The molecule has 4 rings (SSSR count). The van der Waals surface area contributed by atoms with Crippen molar-refractivity contribution in [3.05, 3.63) is 54.6 Å². The maximum absolute atomic E-state index is 12.8. The van der Waals surface area contributed by atoms with Crippen LogP contribution in [-0.4, -0.2) is 71.3 Å². The van der Waals surface area contributed by atoms with E-state index in [2.05, 4.69) is 10.2 Å². The van der Waals surface area contributed by atoms with Crippen molar-refractivity contribution in [3.63, 3.8) is 0 Å². The first-order chi connectivity index (χ1) is 15.7. The Hall–Kier alpha value is -3.04. The van der Waals surface area contributed by atoms with E-state index in [1.807, 2.05) is 59.2 Å². The predicted molar refractivity (Wildman–Crippen MR) is 122 cm³/mol. The Morgan fingerprint density at radius 2 is 1.91 bits per heavy atom. The van der Waals surface area contributed by atoms with Gasteiger partial charge < -0.3 is 19.1 Å². The largest absolute Gasteiger partial charge is 0.486 e. The van der Waals surface area contributed by atoms with Gasteiger partial charge in [0.05, 0.1) is 25.4 Å². The fourth-order valence-electron chi connectivity index (χ4n) is 3.38. The van der Waals surface area contributed by atoms with Crippen LogP contribution in [0.2, 0.25) is 0 Å². The van der Waals surface area contributed by atoms with Gasteiger partial charge in [-0.1, -0.05) is 54.2 Å². The van der Waals surface area contributed by atoms with Crippen LogP contribution in [0.15, 0.2) is 59.8 Å². The smallest absolute Gasteiger partial charge is 0.232 e. The standard InChI is InChI=1S/C23H26N4O4S/c1-26(14-18-15-30-19-10-6-7-11-20(19)31-18)21(28)16-32-23-25-24-22(27(23)12-13-29-2)17-8-4-3-5-9-17/h3-11,18H,12-16H2,1-2H3/t18-/m0/s1. The SMILES string of the molecule is COCCn1c(SCC(=O)N(C)C[C@H]2COc3ccccc3O2)nnc1-c1ccccc1. The Labute approximate surface area is 191 Å². The number of carbonyl (C=O) groups is 1. The number of amides is 1. The number of para-hydroxylation sites is 2. The highest BCUT2D eigenvalue weighted by molar-refractivity contribution is 7.99. The number of likely N-dealkylation sites (N-methyl/N-ethyl adjacent to an activating group) is 1. The summed E-state index contributed by atoms with van der Waals surface area (Å²) in [5, 5.41) is 9.36. The molecule has 0 N–H and O–H groups in total. The summed E-state index contributed by atoms with van der Waals surface area (Å²) < 4.78 is 18.9. The van der Waals surface area contributed by atoms with Crippen molar-refractivity contribution in [3.8, 4) is 22.9 Å². The van der Waals surface area contributed by atoms with E-state index in [1.54, 1.807) is 19.1 Å². The molecule has 0 unspecified atom stereocenters. The summed E-state index contributed by atoms with van der Waals surface area (Å²) in [5.41, 5.74) is 0.973. The van der Waals surface area contributed by atoms with Crippen molar-refractivity contribution in [2.24, 2.45) is 0 Å². The topological polar surface area (TPSA) is 78.7 Å². The van der Waals surface area contributed by atoms with E-state index in [1.165, 1.54) is 11.8 Å². The van der Waals surface area contributed by atoms with Crippen molar-refractivity contribution >= 4 is 17.7 Å². The van der Waals surface area contributed by atoms with E-state index in [0.717, 1.165) is 17.1 Å². The van der Waals surface area contributed by atoms with Crippen LogP contribution < -0.4 is 9.47 Å². The summed E-state index contributed by atoms with van der Waals surface area (Å²) in [4.78, 5) is 14.4. The van der Waals surface area contributed by atoms with Crippen molar-refractivity contribution in [2.75, 3.05) is 39.7 Å². The summed E-state index contributed by atoms with van der Waals surface area (Å²) in [6.07, 6.45) is -0.209. The molecule has 32 heavy (non-hydrogen) atoms. The van der Waals surface area contributed by atoms with Gasteiger partial charge in [-0.15, -0.1) is 10.2 Å². The van der Waals surface area contributed by atoms with E-state index < -0.39 is 0 Å². The normalized spacial score (nSPS) is 14.9. The van der Waals surface area contributed by atoms with Crippen LogP contribution in [0.4, 0.5) is 0 Å². The minimum atomic E-state index is -0.209. The average Bonchev–Trinajstić information content (AvgIpc) is 3.24. The summed E-state index contributed by atoms with van der Waals surface area (Å²) in [7, 11) is 3.44. The van der Waals surface area contributed by atoms with E-state index in [4.69, 9.17) is 14.2 Å². The maximum atomic E-state index is 12.8. The number of rotatable bonds is 9. The molecule has 0 saturated heterocycles. The molecule has 9 heteroatoms. The molecule has 2 aromatic carbocycles. The van der Waals surface area contributed by atoms with Gasteiger partial charge in [-0.3, -0.25) is 9.36 Å². The van der Waals surface area contributed by atoms with Crippen molar-refractivity contribution in [1.82, 2.24) is 19.7 Å². The zero-order valence-corrected chi connectivity index (χ0v) is 19.0. The van der Waals surface area contributed by atoms with Crippen LogP contribution in [0.1, 0.15) is 0 Å². The summed E-state index contributed by atoms with van der Waals surface area (Å²) >= 11 is 1.37. The minimum absolute atomic E-state index is 0.0139. The first kappa shape index (κ1) is 22.2. The molecule has 2 heterocycles. The lowest BCUT2D eigenvalue weighted by molar-refractivity contribution is -0.128. The van der Waals surface area contributed by atoms with Gasteiger partial charge in [0.2, 0.25) is 5.91 Å². The molecule has 168 valence electrons. The lowest BCUT2D eigenvalue weighted by Gasteiger charge is -2.29. The van der Waals surface area contributed by atoms with E-state index in [0.29, 0.717) is 37.2 Å². The summed E-state index contributed by atoms with van der Waals surface area (Å²) in [6, 6.07) is 17.4. The molecule has 0 fully saturated rings. The third kappa shape index (κ3) is 5.23. The van der Waals surface area contributed by atoms with E-state index in [-0.39, 0.29) is 17.8 Å². The van der Waals surface area contributed by atoms with Crippen molar-refractivity contribution in [2.45, 2.75) is 17.8 Å². The van der Waals surface area contributed by atoms with Crippen LogP contribution in [0.25, 0.3) is 11.4 Å². The lowest BCUT2D eigenvalue weighted by Crippen LogP contribution is -2.42. The van der Waals surface area contributed by atoms with Gasteiger partial charge in [-0.25, -0.2) is 0 Å². The van der Waals surface area contributed by atoms with Gasteiger partial charge in [0, 0.05) is 19.7 Å². The predicted octanol–water partition coefficient (Wildman–Crippen LogP) is 2.98. The average molecular weight is 455 g/mol. The van der Waals surface area contributed by atoms with Crippen LogP contribution in [0, 0.1) is 0 Å². The van der Waals surface area contributed by atoms with Gasteiger partial charge in [0.25, 0.3) is 0 Å². The Morgan fingerprint density at radius 1 is 1.16 bits per heavy atom. The van der Waals surface area contributed by atoms with E-state index in [9.17, 15) is 4.79 Å². The van der Waals surface area contributed by atoms with Crippen molar-refractivity contribution in [1.29, 1.82) is 0 Å². The number of hydrogen-bond donors (Lipinski definition) is 0. The molecule has 1 aromatic heterocycles. The molecular formula is C23H26N4O4S. The van der Waals surface area contributed by atoms with Gasteiger partial charge >= 0.3 is 0 Å². The number of aromatic nitrogens is 3. The molecule has 0 aliphatic carbocycles. The molecule has 0 radical (unpaired) electrons. The number of ether oxygens (including phenoxy) is 3. The third-order valence-electron chi connectivity index (χ3n) is 5.06. The van der Waals surface area contributed by atoms with Gasteiger partial charge in [-0.2, -0.15) is 0 Å². The van der Waals surface area contributed by atoms with Crippen LogP contribution >= 0.6 is 11.8 Å². The zero-order valence-electron chi connectivity index (χ0n) is 18.1. The zero-order chi connectivity index (χ0) is 22.3. The number of carbonyl (C=O) groups excluding carboxylic acids is 1. The lowest BCUT2D eigenvalue weighted by atomic mass is 10.2. The molecule has 8 nitrogen and oxygen atoms in total. The van der Waals surface area contributed by atoms with Crippen molar-refractivity contribution < 1.29 is 19.0 Å². The molecule has 0 saturated carbocycles. The van der Waals surface area contributed by atoms with Gasteiger partial charge in [0.1, 0.15) is 6.61 Å². The first-order valence-corrected chi connectivity index (χ1v) is 11.4. The summed E-state index contributed by atoms with van der Waals surface area (Å²) in [5.74, 6) is 2.44. The second-order valence-corrected chi connectivity index (χ2v) is 8.32.